The van der Waals surface area contributed by atoms with Crippen LogP contribution in [0.25, 0.3) is 5.57 Å². The SMILES string of the molecule is CCCOc1ccc(C2=C(N(C)CCO)C(=O)N(CCC)C2=O)cc1. The van der Waals surface area contributed by atoms with Crippen molar-refractivity contribution in [1.29, 1.82) is 0 Å². The Labute approximate surface area is 148 Å². The second kappa shape index (κ2) is 8.67. The number of aliphatic hydroxyl groups excluding tert-OH is 1. The van der Waals surface area contributed by atoms with Crippen LogP contribution in [-0.2, 0) is 9.59 Å². The van der Waals surface area contributed by atoms with E-state index in [-0.39, 0.29) is 25.0 Å². The van der Waals surface area contributed by atoms with Gasteiger partial charge in [-0.1, -0.05) is 26.0 Å². The minimum absolute atomic E-state index is 0.0909. The predicted octanol–water partition coefficient (Wildman–Crippen LogP) is 1.89. The Balaban J connectivity index is 2.40. The summed E-state index contributed by atoms with van der Waals surface area (Å²) in [6, 6.07) is 7.21. The first-order chi connectivity index (χ1) is 12.0. The number of hydrogen-bond acceptors (Lipinski definition) is 5. The summed E-state index contributed by atoms with van der Waals surface area (Å²) in [7, 11) is 1.71. The highest BCUT2D eigenvalue weighted by atomic mass is 16.5. The molecule has 1 heterocycles. The van der Waals surface area contributed by atoms with Gasteiger partial charge < -0.3 is 14.7 Å². The fourth-order valence-electron chi connectivity index (χ4n) is 2.80. The van der Waals surface area contributed by atoms with Crippen LogP contribution in [0.15, 0.2) is 30.0 Å². The van der Waals surface area contributed by atoms with Gasteiger partial charge in [-0.05, 0) is 30.5 Å². The second-order valence-electron chi connectivity index (χ2n) is 6.00. The molecule has 1 aromatic carbocycles. The van der Waals surface area contributed by atoms with Gasteiger partial charge >= 0.3 is 0 Å². The van der Waals surface area contributed by atoms with Gasteiger partial charge in [0.15, 0.2) is 0 Å². The molecule has 1 aromatic rings. The minimum Gasteiger partial charge on any atom is -0.494 e. The average Bonchev–Trinajstić information content (AvgIpc) is 2.85. The molecule has 1 aliphatic heterocycles. The van der Waals surface area contributed by atoms with Crippen molar-refractivity contribution < 1.29 is 19.4 Å². The van der Waals surface area contributed by atoms with E-state index < -0.39 is 0 Å². The Kier molecular flexibility index (Phi) is 6.58. The van der Waals surface area contributed by atoms with Gasteiger partial charge in [-0.3, -0.25) is 14.5 Å². The zero-order chi connectivity index (χ0) is 18.4. The number of imide groups is 1. The highest BCUT2D eigenvalue weighted by Gasteiger charge is 2.40. The number of hydrogen-bond donors (Lipinski definition) is 1. The van der Waals surface area contributed by atoms with Crippen molar-refractivity contribution in [3.05, 3.63) is 35.5 Å². The van der Waals surface area contributed by atoms with Crippen molar-refractivity contribution in [2.75, 3.05) is 33.4 Å². The van der Waals surface area contributed by atoms with Crippen molar-refractivity contribution in [3.63, 3.8) is 0 Å². The van der Waals surface area contributed by atoms with Gasteiger partial charge in [-0.25, -0.2) is 0 Å². The Hall–Kier alpha value is -2.34. The number of carbonyl (C=O) groups excluding carboxylic acids is 2. The highest BCUT2D eigenvalue weighted by molar-refractivity contribution is 6.35. The lowest BCUT2D eigenvalue weighted by molar-refractivity contribution is -0.137. The highest BCUT2D eigenvalue weighted by Crippen LogP contribution is 2.32. The first kappa shape index (κ1) is 19.0. The maximum Gasteiger partial charge on any atom is 0.277 e. The topological polar surface area (TPSA) is 70.1 Å². The largest absolute Gasteiger partial charge is 0.494 e. The molecule has 1 N–H and O–H groups in total. The van der Waals surface area contributed by atoms with Crippen LogP contribution < -0.4 is 4.74 Å². The minimum atomic E-state index is -0.302. The smallest absolute Gasteiger partial charge is 0.277 e. The number of rotatable bonds is 9. The molecule has 0 radical (unpaired) electrons. The third-order valence-electron chi connectivity index (χ3n) is 4.02. The molecule has 0 bridgehead atoms. The third kappa shape index (κ3) is 4.02. The number of carbonyl (C=O) groups is 2. The molecule has 0 aromatic heterocycles. The Bertz CT molecular complexity index is 652. The van der Waals surface area contributed by atoms with Crippen LogP contribution in [-0.4, -0.2) is 60.1 Å². The number of benzene rings is 1. The molecule has 0 saturated carbocycles. The summed E-state index contributed by atoms with van der Waals surface area (Å²) in [6.07, 6.45) is 1.62. The Morgan fingerprint density at radius 3 is 2.32 bits per heavy atom. The number of amides is 2. The van der Waals surface area contributed by atoms with Crippen LogP contribution in [0.5, 0.6) is 5.75 Å². The van der Waals surface area contributed by atoms with Crippen LogP contribution in [0.3, 0.4) is 0 Å². The van der Waals surface area contributed by atoms with Crippen LogP contribution in [0.4, 0.5) is 0 Å². The van der Waals surface area contributed by atoms with Gasteiger partial charge in [0, 0.05) is 20.1 Å². The van der Waals surface area contributed by atoms with E-state index in [0.29, 0.717) is 36.4 Å². The van der Waals surface area contributed by atoms with Crippen molar-refractivity contribution in [1.82, 2.24) is 9.80 Å². The maximum atomic E-state index is 12.8. The van der Waals surface area contributed by atoms with Gasteiger partial charge in [0.05, 0.1) is 18.8 Å². The summed E-state index contributed by atoms with van der Waals surface area (Å²) in [5, 5.41) is 9.20. The number of nitrogens with zero attached hydrogens (tertiary/aromatic N) is 2. The van der Waals surface area contributed by atoms with Gasteiger partial charge in [-0.15, -0.1) is 0 Å². The van der Waals surface area contributed by atoms with E-state index in [4.69, 9.17) is 4.74 Å². The van der Waals surface area contributed by atoms with E-state index in [2.05, 4.69) is 0 Å². The van der Waals surface area contributed by atoms with Crippen LogP contribution >= 0.6 is 0 Å². The molecule has 6 heteroatoms. The van der Waals surface area contributed by atoms with Gasteiger partial charge in [0.2, 0.25) is 0 Å². The summed E-state index contributed by atoms with van der Waals surface area (Å²) in [5.41, 5.74) is 1.41. The monoisotopic (exact) mass is 346 g/mol. The summed E-state index contributed by atoms with van der Waals surface area (Å²) in [6.45, 7) is 5.18. The molecule has 0 aliphatic carbocycles. The first-order valence-corrected chi connectivity index (χ1v) is 8.70. The predicted molar refractivity (Wildman–Crippen MR) is 95.9 cm³/mol. The molecule has 0 saturated heterocycles. The summed E-state index contributed by atoms with van der Waals surface area (Å²) < 4.78 is 5.57. The van der Waals surface area contributed by atoms with Crippen molar-refractivity contribution in [2.45, 2.75) is 26.7 Å². The van der Waals surface area contributed by atoms with Gasteiger partial charge in [0.25, 0.3) is 11.8 Å². The quantitative estimate of drug-likeness (QED) is 0.692. The zero-order valence-electron chi connectivity index (χ0n) is 15.1. The fraction of sp³-hybridized carbons (Fsp3) is 0.474. The lowest BCUT2D eigenvalue weighted by Crippen LogP contribution is -2.35. The molecule has 136 valence electrons. The lowest BCUT2D eigenvalue weighted by atomic mass is 10.0. The summed E-state index contributed by atoms with van der Waals surface area (Å²) >= 11 is 0. The molecule has 0 atom stereocenters. The van der Waals surface area contributed by atoms with E-state index >= 15 is 0 Å². The van der Waals surface area contributed by atoms with Crippen LogP contribution in [0.1, 0.15) is 32.3 Å². The first-order valence-electron chi connectivity index (χ1n) is 8.70. The van der Waals surface area contributed by atoms with E-state index in [0.717, 1.165) is 12.2 Å². The van der Waals surface area contributed by atoms with Crippen LogP contribution in [0.2, 0.25) is 0 Å². The second-order valence-corrected chi connectivity index (χ2v) is 6.00. The lowest BCUT2D eigenvalue weighted by Gasteiger charge is -2.20. The normalized spacial score (nSPS) is 14.5. The fourth-order valence-corrected chi connectivity index (χ4v) is 2.80. The molecule has 2 amide bonds. The van der Waals surface area contributed by atoms with Gasteiger partial charge in [0.1, 0.15) is 11.4 Å². The Morgan fingerprint density at radius 2 is 1.76 bits per heavy atom. The summed E-state index contributed by atoms with van der Waals surface area (Å²) in [4.78, 5) is 28.4. The zero-order valence-corrected chi connectivity index (χ0v) is 15.1. The van der Waals surface area contributed by atoms with Crippen molar-refractivity contribution in [2.24, 2.45) is 0 Å². The molecule has 0 fully saturated rings. The summed E-state index contributed by atoms with van der Waals surface area (Å²) in [5.74, 6) is 0.150. The number of ether oxygens (including phenoxy) is 1. The van der Waals surface area contributed by atoms with E-state index in [9.17, 15) is 14.7 Å². The van der Waals surface area contributed by atoms with Crippen molar-refractivity contribution >= 4 is 17.4 Å². The third-order valence-corrected chi connectivity index (χ3v) is 4.02. The molecule has 1 aliphatic rings. The van der Waals surface area contributed by atoms with E-state index in [1.54, 1.807) is 24.1 Å². The molecule has 0 unspecified atom stereocenters. The van der Waals surface area contributed by atoms with E-state index in [1.807, 2.05) is 26.0 Å². The molecule has 0 spiro atoms. The average molecular weight is 346 g/mol. The standard InChI is InChI=1S/C19H26N2O4/c1-4-10-21-18(23)16(17(19(21)24)20(3)11-12-22)14-6-8-15(9-7-14)25-13-5-2/h6-9,22H,4-5,10-13H2,1-3H3. The molecule has 6 nitrogen and oxygen atoms in total. The van der Waals surface area contributed by atoms with E-state index in [1.165, 1.54) is 4.90 Å². The molecule has 2 rings (SSSR count). The van der Waals surface area contributed by atoms with Crippen molar-refractivity contribution in [3.8, 4) is 5.75 Å². The van der Waals surface area contributed by atoms with Crippen LogP contribution in [0, 0.1) is 0 Å². The molecule has 25 heavy (non-hydrogen) atoms. The van der Waals surface area contributed by atoms with Gasteiger partial charge in [-0.2, -0.15) is 0 Å². The number of likely N-dealkylation sites (N-methyl/N-ethyl adjacent to an activating group) is 1. The maximum absolute atomic E-state index is 12.8. The molecular formula is C19H26N2O4. The number of aliphatic hydroxyl groups is 1. The Morgan fingerprint density at radius 1 is 1.08 bits per heavy atom. The molecular weight excluding hydrogens is 320 g/mol.